The van der Waals surface area contributed by atoms with E-state index < -0.39 is 56.8 Å². The molecule has 1 saturated heterocycles. The van der Waals surface area contributed by atoms with Gasteiger partial charge in [0.15, 0.2) is 23.2 Å². The Morgan fingerprint density at radius 1 is 1.38 bits per heavy atom. The van der Waals surface area contributed by atoms with Crippen LogP contribution in [0.25, 0.3) is 11.2 Å². The SMILES string of the molecule is O=c1[nH]c(C(F)F)nc2c1ncn2[C@@H]1O[C@H](COP(=O)(O)O)[C@@H](O)[C@H]1O. The maximum Gasteiger partial charge on any atom is 0.469 e. The van der Waals surface area contributed by atoms with Crippen molar-refractivity contribution < 1.29 is 42.6 Å². The number of fused-ring (bicyclic) bond motifs is 1. The number of halogens is 2. The summed E-state index contributed by atoms with van der Waals surface area (Å²) < 4.78 is 46.9. The molecule has 0 spiro atoms. The minimum Gasteiger partial charge on any atom is -0.387 e. The zero-order valence-electron chi connectivity index (χ0n) is 12.6. The number of alkyl halides is 2. The normalized spacial score (nSPS) is 26.9. The molecule has 2 aromatic rings. The fourth-order valence-electron chi connectivity index (χ4n) is 2.50. The summed E-state index contributed by atoms with van der Waals surface area (Å²) in [5.41, 5.74) is -1.55. The molecule has 1 aliphatic heterocycles. The van der Waals surface area contributed by atoms with Crippen LogP contribution in [0.5, 0.6) is 0 Å². The molecule has 15 heteroatoms. The molecule has 26 heavy (non-hydrogen) atoms. The van der Waals surface area contributed by atoms with Gasteiger partial charge in [0, 0.05) is 0 Å². The fourth-order valence-corrected chi connectivity index (χ4v) is 2.84. The molecule has 0 radical (unpaired) electrons. The third-order valence-corrected chi connectivity index (χ3v) is 4.16. The molecule has 0 saturated carbocycles. The van der Waals surface area contributed by atoms with Gasteiger partial charge in [-0.3, -0.25) is 13.9 Å². The van der Waals surface area contributed by atoms with Crippen LogP contribution in [-0.2, 0) is 13.8 Å². The Hall–Kier alpha value is -1.80. The Bertz CT molecular complexity index is 913. The lowest BCUT2D eigenvalue weighted by atomic mass is 10.1. The van der Waals surface area contributed by atoms with Crippen molar-refractivity contribution >= 4 is 19.0 Å². The molecular formula is C11H13F2N4O8P. The number of hydrogen-bond acceptors (Lipinski definition) is 8. The first-order chi connectivity index (χ1) is 12.1. The molecule has 0 aliphatic carbocycles. The van der Waals surface area contributed by atoms with Crippen LogP contribution >= 0.6 is 7.82 Å². The van der Waals surface area contributed by atoms with Gasteiger partial charge in [-0.2, -0.15) is 0 Å². The summed E-state index contributed by atoms with van der Waals surface area (Å²) in [6, 6.07) is 0. The molecule has 12 nitrogen and oxygen atoms in total. The van der Waals surface area contributed by atoms with E-state index >= 15 is 0 Å². The predicted octanol–water partition coefficient (Wildman–Crippen LogP) is -1.21. The quantitative estimate of drug-likeness (QED) is 0.383. The molecule has 1 fully saturated rings. The second kappa shape index (κ2) is 6.74. The average molecular weight is 398 g/mol. The van der Waals surface area contributed by atoms with Crippen molar-refractivity contribution in [3.8, 4) is 0 Å². The Balaban J connectivity index is 1.93. The molecule has 3 rings (SSSR count). The number of nitrogens with zero attached hydrogens (tertiary/aromatic N) is 3. The number of aliphatic hydroxyl groups excluding tert-OH is 2. The van der Waals surface area contributed by atoms with Crippen molar-refractivity contribution in [2.45, 2.75) is 31.0 Å². The first kappa shape index (κ1) is 19.0. The minimum absolute atomic E-state index is 0.297. The van der Waals surface area contributed by atoms with E-state index in [2.05, 4.69) is 14.5 Å². The summed E-state index contributed by atoms with van der Waals surface area (Å²) in [6.45, 7) is -0.748. The van der Waals surface area contributed by atoms with E-state index in [0.29, 0.717) is 0 Å². The second-order valence-corrected chi connectivity index (χ2v) is 6.65. The molecule has 1 aliphatic rings. The molecular weight excluding hydrogens is 385 g/mol. The van der Waals surface area contributed by atoms with Gasteiger partial charge in [-0.25, -0.2) is 23.3 Å². The van der Waals surface area contributed by atoms with Crippen molar-refractivity contribution in [3.05, 3.63) is 22.5 Å². The Morgan fingerprint density at radius 3 is 2.69 bits per heavy atom. The van der Waals surface area contributed by atoms with Gasteiger partial charge >= 0.3 is 7.82 Å². The summed E-state index contributed by atoms with van der Waals surface area (Å²) in [7, 11) is -4.84. The van der Waals surface area contributed by atoms with Crippen LogP contribution in [0.1, 0.15) is 18.5 Å². The van der Waals surface area contributed by atoms with E-state index in [9.17, 15) is 28.4 Å². The Kier molecular flexibility index (Phi) is 4.92. The van der Waals surface area contributed by atoms with Gasteiger partial charge in [0.25, 0.3) is 12.0 Å². The summed E-state index contributed by atoms with van der Waals surface area (Å²) >= 11 is 0. The summed E-state index contributed by atoms with van der Waals surface area (Å²) in [4.78, 5) is 38.3. The molecule has 0 unspecified atom stereocenters. The maximum atomic E-state index is 12.8. The highest BCUT2D eigenvalue weighted by molar-refractivity contribution is 7.46. The highest BCUT2D eigenvalue weighted by Gasteiger charge is 2.45. The van der Waals surface area contributed by atoms with Crippen molar-refractivity contribution in [2.75, 3.05) is 6.61 Å². The zero-order valence-corrected chi connectivity index (χ0v) is 13.5. The highest BCUT2D eigenvalue weighted by Crippen LogP contribution is 2.38. The number of phosphoric acid groups is 1. The van der Waals surface area contributed by atoms with Crippen LogP contribution in [-0.4, -0.2) is 64.4 Å². The van der Waals surface area contributed by atoms with Crippen LogP contribution in [0.4, 0.5) is 8.78 Å². The van der Waals surface area contributed by atoms with E-state index in [0.717, 1.165) is 10.9 Å². The van der Waals surface area contributed by atoms with Gasteiger partial charge in [0.2, 0.25) is 0 Å². The van der Waals surface area contributed by atoms with Gasteiger partial charge in [0.1, 0.15) is 18.3 Å². The molecule has 144 valence electrons. The number of hydrogen-bond donors (Lipinski definition) is 5. The number of nitrogens with one attached hydrogen (secondary N) is 1. The van der Waals surface area contributed by atoms with Crippen LogP contribution in [0.15, 0.2) is 11.1 Å². The van der Waals surface area contributed by atoms with Crippen molar-refractivity contribution in [1.29, 1.82) is 0 Å². The summed E-state index contributed by atoms with van der Waals surface area (Å²) in [6.07, 6.45) is -8.05. The third kappa shape index (κ3) is 3.53. The number of imidazole rings is 1. The topological polar surface area (TPSA) is 180 Å². The largest absolute Gasteiger partial charge is 0.469 e. The number of aliphatic hydroxyl groups is 2. The number of ether oxygens (including phenoxy) is 1. The highest BCUT2D eigenvalue weighted by atomic mass is 31.2. The second-order valence-electron chi connectivity index (χ2n) is 5.41. The van der Waals surface area contributed by atoms with E-state index in [1.807, 2.05) is 4.98 Å². The molecule has 0 bridgehead atoms. The van der Waals surface area contributed by atoms with Crippen molar-refractivity contribution in [1.82, 2.24) is 19.5 Å². The molecule has 5 N–H and O–H groups in total. The summed E-state index contributed by atoms with van der Waals surface area (Å²) in [5.74, 6) is -0.918. The number of phosphoric ester groups is 1. The first-order valence-corrected chi connectivity index (χ1v) is 8.58. The van der Waals surface area contributed by atoms with E-state index in [4.69, 9.17) is 14.5 Å². The maximum absolute atomic E-state index is 12.8. The number of aromatic amines is 1. The van der Waals surface area contributed by atoms with Gasteiger partial charge in [0.05, 0.1) is 12.9 Å². The minimum atomic E-state index is -4.84. The molecule has 0 amide bonds. The van der Waals surface area contributed by atoms with Gasteiger partial charge in [-0.15, -0.1) is 0 Å². The van der Waals surface area contributed by atoms with Crippen LogP contribution in [0, 0.1) is 0 Å². The number of H-pyrrole nitrogens is 1. The monoisotopic (exact) mass is 398 g/mol. The number of aromatic nitrogens is 4. The fraction of sp³-hybridized carbons (Fsp3) is 0.545. The lowest BCUT2D eigenvalue weighted by Crippen LogP contribution is -2.33. The summed E-state index contributed by atoms with van der Waals surface area (Å²) in [5, 5.41) is 20.0. The molecule has 0 aromatic carbocycles. The van der Waals surface area contributed by atoms with Crippen LogP contribution in [0.3, 0.4) is 0 Å². The smallest absolute Gasteiger partial charge is 0.387 e. The lowest BCUT2D eigenvalue weighted by molar-refractivity contribution is -0.0504. The third-order valence-electron chi connectivity index (χ3n) is 3.68. The molecule has 2 aromatic heterocycles. The van der Waals surface area contributed by atoms with Crippen LogP contribution < -0.4 is 5.56 Å². The predicted molar refractivity (Wildman–Crippen MR) is 77.0 cm³/mol. The molecule has 3 heterocycles. The zero-order chi connectivity index (χ0) is 19.2. The van der Waals surface area contributed by atoms with E-state index in [1.165, 1.54) is 0 Å². The molecule has 4 atom stereocenters. The number of rotatable bonds is 5. The van der Waals surface area contributed by atoms with Gasteiger partial charge in [-0.1, -0.05) is 0 Å². The van der Waals surface area contributed by atoms with Gasteiger partial charge < -0.3 is 29.7 Å². The Morgan fingerprint density at radius 2 is 2.08 bits per heavy atom. The first-order valence-electron chi connectivity index (χ1n) is 7.05. The average Bonchev–Trinajstić information content (AvgIpc) is 3.08. The van der Waals surface area contributed by atoms with E-state index in [-0.39, 0.29) is 11.2 Å². The standard InChI is InChI=1S/C11H13F2N4O8P/c12-7(13)8-15-9-4(10(20)16-8)14-2-17(9)11-6(19)5(18)3(25-11)1-24-26(21,22)23/h2-3,5-7,11,18-19H,1H2,(H,15,16,20)(H2,21,22,23)/t3-,5-,6-,11-/m1/s1. The van der Waals surface area contributed by atoms with E-state index in [1.54, 1.807) is 0 Å². The van der Waals surface area contributed by atoms with Gasteiger partial charge in [-0.05, 0) is 0 Å². The van der Waals surface area contributed by atoms with Crippen molar-refractivity contribution in [2.24, 2.45) is 0 Å². The van der Waals surface area contributed by atoms with Crippen molar-refractivity contribution in [3.63, 3.8) is 0 Å². The van der Waals surface area contributed by atoms with Crippen LogP contribution in [0.2, 0.25) is 0 Å². The lowest BCUT2D eigenvalue weighted by Gasteiger charge is -2.16. The Labute approximate surface area is 142 Å².